The Hall–Kier alpha value is -1.06. The molecule has 0 bridgehead atoms. The molecule has 2 aliphatic rings. The molecule has 2 N–H and O–H groups in total. The zero-order valence-corrected chi connectivity index (χ0v) is 13.2. The van der Waals surface area contributed by atoms with Crippen LogP contribution in [0.2, 0.25) is 0 Å². The van der Waals surface area contributed by atoms with Crippen LogP contribution in [0.4, 0.5) is 0 Å². The minimum absolute atomic E-state index is 0.0757. The Labute approximate surface area is 127 Å². The molecular formula is C17H29NO3. The summed E-state index contributed by atoms with van der Waals surface area (Å²) in [5.74, 6) is 0.160. The van der Waals surface area contributed by atoms with Gasteiger partial charge in [0.1, 0.15) is 0 Å². The van der Waals surface area contributed by atoms with Crippen LogP contribution in [0.1, 0.15) is 71.1 Å². The molecule has 0 spiro atoms. The van der Waals surface area contributed by atoms with Crippen molar-refractivity contribution in [1.29, 1.82) is 0 Å². The van der Waals surface area contributed by atoms with E-state index in [0.717, 1.165) is 57.3 Å². The maximum atomic E-state index is 12.3. The number of nitrogens with one attached hydrogen (secondary N) is 1. The Morgan fingerprint density at radius 2 is 1.62 bits per heavy atom. The molecule has 0 aromatic heterocycles. The number of hydrogen-bond acceptors (Lipinski definition) is 2. The summed E-state index contributed by atoms with van der Waals surface area (Å²) in [5.41, 5.74) is -0.728. The number of carboxylic acid groups (broad SMARTS) is 1. The van der Waals surface area contributed by atoms with Crippen LogP contribution in [-0.2, 0) is 9.59 Å². The van der Waals surface area contributed by atoms with Crippen molar-refractivity contribution < 1.29 is 14.7 Å². The molecule has 2 fully saturated rings. The lowest BCUT2D eigenvalue weighted by atomic mass is 9.79. The van der Waals surface area contributed by atoms with Crippen LogP contribution in [0.5, 0.6) is 0 Å². The van der Waals surface area contributed by atoms with Gasteiger partial charge in [0.15, 0.2) is 0 Å². The van der Waals surface area contributed by atoms with Crippen molar-refractivity contribution in [1.82, 2.24) is 5.32 Å². The predicted octanol–water partition coefficient (Wildman–Crippen LogP) is 3.35. The molecule has 0 unspecified atom stereocenters. The van der Waals surface area contributed by atoms with Crippen molar-refractivity contribution in [2.24, 2.45) is 17.3 Å². The van der Waals surface area contributed by atoms with Gasteiger partial charge >= 0.3 is 5.97 Å². The van der Waals surface area contributed by atoms with Crippen molar-refractivity contribution in [3.05, 3.63) is 0 Å². The van der Waals surface area contributed by atoms with Crippen LogP contribution in [0, 0.1) is 17.3 Å². The van der Waals surface area contributed by atoms with Crippen molar-refractivity contribution in [2.45, 2.75) is 71.1 Å². The Balaban J connectivity index is 1.89. The molecule has 21 heavy (non-hydrogen) atoms. The predicted molar refractivity (Wildman–Crippen MR) is 81.9 cm³/mol. The highest BCUT2D eigenvalue weighted by Crippen LogP contribution is 2.35. The van der Waals surface area contributed by atoms with E-state index < -0.39 is 11.4 Å². The number of carbonyl (C=O) groups is 2. The number of aliphatic carboxylic acids is 1. The van der Waals surface area contributed by atoms with Gasteiger partial charge in [0.2, 0.25) is 5.91 Å². The van der Waals surface area contributed by atoms with E-state index in [4.69, 9.17) is 0 Å². The molecule has 0 aromatic rings. The first kappa shape index (κ1) is 16.3. The summed E-state index contributed by atoms with van der Waals surface area (Å²) >= 11 is 0. The molecule has 0 saturated heterocycles. The highest BCUT2D eigenvalue weighted by atomic mass is 16.4. The van der Waals surface area contributed by atoms with Crippen LogP contribution in [0.15, 0.2) is 0 Å². The second kappa shape index (κ2) is 7.28. The average molecular weight is 295 g/mol. The molecular weight excluding hydrogens is 266 g/mol. The SMILES string of the molecule is CC1CCC(C(=O)NCC2(C(=O)O)CCCCCC2)CC1. The molecule has 2 saturated carbocycles. The smallest absolute Gasteiger partial charge is 0.311 e. The quantitative estimate of drug-likeness (QED) is 0.782. The van der Waals surface area contributed by atoms with Gasteiger partial charge in [-0.2, -0.15) is 0 Å². The van der Waals surface area contributed by atoms with Gasteiger partial charge in [0.05, 0.1) is 5.41 Å². The summed E-state index contributed by atoms with van der Waals surface area (Å²) in [6.07, 6.45) is 9.68. The van der Waals surface area contributed by atoms with E-state index in [1.165, 1.54) is 0 Å². The third-order valence-corrected chi connectivity index (χ3v) is 5.50. The number of hydrogen-bond donors (Lipinski definition) is 2. The number of carboxylic acids is 1. The Morgan fingerprint density at radius 1 is 1.05 bits per heavy atom. The monoisotopic (exact) mass is 295 g/mol. The van der Waals surface area contributed by atoms with E-state index >= 15 is 0 Å². The minimum atomic E-state index is -0.734. The topological polar surface area (TPSA) is 66.4 Å². The van der Waals surface area contributed by atoms with E-state index in [9.17, 15) is 14.7 Å². The van der Waals surface area contributed by atoms with Crippen LogP contribution in [0.25, 0.3) is 0 Å². The standard InChI is InChI=1S/C17H29NO3/c1-13-6-8-14(9-7-13)15(19)18-12-17(16(20)21)10-4-2-3-5-11-17/h13-14H,2-12H2,1H3,(H,18,19)(H,20,21). The van der Waals surface area contributed by atoms with E-state index in [1.807, 2.05) is 0 Å². The fourth-order valence-corrected chi connectivity index (χ4v) is 3.79. The largest absolute Gasteiger partial charge is 0.481 e. The maximum Gasteiger partial charge on any atom is 0.311 e. The number of amides is 1. The van der Waals surface area contributed by atoms with Crippen molar-refractivity contribution in [3.8, 4) is 0 Å². The van der Waals surface area contributed by atoms with Gasteiger partial charge < -0.3 is 10.4 Å². The summed E-state index contributed by atoms with van der Waals surface area (Å²) in [6.45, 7) is 2.55. The third kappa shape index (κ3) is 4.21. The van der Waals surface area contributed by atoms with Crippen molar-refractivity contribution >= 4 is 11.9 Å². The first-order chi connectivity index (χ1) is 10.0. The van der Waals surface area contributed by atoms with Crippen molar-refractivity contribution in [2.75, 3.05) is 6.54 Å². The van der Waals surface area contributed by atoms with E-state index in [-0.39, 0.29) is 11.8 Å². The Bertz CT molecular complexity index is 364. The van der Waals surface area contributed by atoms with E-state index in [2.05, 4.69) is 12.2 Å². The highest BCUT2D eigenvalue weighted by molar-refractivity contribution is 5.80. The van der Waals surface area contributed by atoms with Crippen molar-refractivity contribution in [3.63, 3.8) is 0 Å². The van der Waals surface area contributed by atoms with Crippen LogP contribution in [0.3, 0.4) is 0 Å². The van der Waals surface area contributed by atoms with E-state index in [0.29, 0.717) is 19.4 Å². The second-order valence-electron chi connectivity index (χ2n) is 7.17. The third-order valence-electron chi connectivity index (χ3n) is 5.50. The van der Waals surface area contributed by atoms with Gasteiger partial charge in [-0.1, -0.05) is 32.6 Å². The van der Waals surface area contributed by atoms with E-state index in [1.54, 1.807) is 0 Å². The molecule has 0 atom stereocenters. The molecule has 0 aliphatic heterocycles. The zero-order chi connectivity index (χ0) is 15.3. The summed E-state index contributed by atoms with van der Waals surface area (Å²) in [4.78, 5) is 24.0. The lowest BCUT2D eigenvalue weighted by Crippen LogP contribution is -2.45. The molecule has 2 aliphatic carbocycles. The van der Waals surface area contributed by atoms with Gasteiger partial charge in [-0.25, -0.2) is 0 Å². The van der Waals surface area contributed by atoms with Gasteiger partial charge in [-0.15, -0.1) is 0 Å². The summed E-state index contributed by atoms with van der Waals surface area (Å²) in [7, 11) is 0. The summed E-state index contributed by atoms with van der Waals surface area (Å²) in [6, 6.07) is 0. The molecule has 1 amide bonds. The Kier molecular flexibility index (Phi) is 5.65. The molecule has 2 rings (SSSR count). The van der Waals surface area contributed by atoms with Gasteiger partial charge in [-0.05, 0) is 44.4 Å². The summed E-state index contributed by atoms with van der Waals surface area (Å²) < 4.78 is 0. The second-order valence-corrected chi connectivity index (χ2v) is 7.17. The minimum Gasteiger partial charge on any atom is -0.481 e. The molecule has 0 aromatic carbocycles. The Morgan fingerprint density at radius 3 is 2.14 bits per heavy atom. The normalized spacial score (nSPS) is 29.4. The zero-order valence-electron chi connectivity index (χ0n) is 13.2. The lowest BCUT2D eigenvalue weighted by Gasteiger charge is -2.30. The van der Waals surface area contributed by atoms with Crippen LogP contribution >= 0.6 is 0 Å². The lowest BCUT2D eigenvalue weighted by molar-refractivity contribution is -0.150. The van der Waals surface area contributed by atoms with Gasteiger partial charge in [0.25, 0.3) is 0 Å². The molecule has 4 heteroatoms. The fraction of sp³-hybridized carbons (Fsp3) is 0.882. The van der Waals surface area contributed by atoms with Gasteiger partial charge in [0, 0.05) is 12.5 Å². The maximum absolute atomic E-state index is 12.3. The molecule has 120 valence electrons. The van der Waals surface area contributed by atoms with Crippen LogP contribution < -0.4 is 5.32 Å². The van der Waals surface area contributed by atoms with Gasteiger partial charge in [-0.3, -0.25) is 9.59 Å². The first-order valence-corrected chi connectivity index (χ1v) is 8.55. The molecule has 0 radical (unpaired) electrons. The molecule has 4 nitrogen and oxygen atoms in total. The molecule has 0 heterocycles. The fourth-order valence-electron chi connectivity index (χ4n) is 3.79. The average Bonchev–Trinajstić information content (AvgIpc) is 2.72. The first-order valence-electron chi connectivity index (χ1n) is 8.55. The number of carbonyl (C=O) groups excluding carboxylic acids is 1. The number of rotatable bonds is 4. The highest BCUT2D eigenvalue weighted by Gasteiger charge is 2.39. The van der Waals surface area contributed by atoms with Crippen LogP contribution in [-0.4, -0.2) is 23.5 Å². The summed E-state index contributed by atoms with van der Waals surface area (Å²) in [5, 5.41) is 12.6.